The smallest absolute Gasteiger partial charge is 0.297 e. The zero-order valence-corrected chi connectivity index (χ0v) is 12.8. The number of nitrogens with zero attached hydrogens (tertiary/aromatic N) is 2. The van der Waals surface area contributed by atoms with Crippen LogP contribution in [-0.4, -0.2) is 16.8 Å². The Morgan fingerprint density at radius 3 is 2.08 bits per heavy atom. The highest BCUT2D eigenvalue weighted by molar-refractivity contribution is 6.12. The van der Waals surface area contributed by atoms with Crippen molar-refractivity contribution in [1.82, 2.24) is 4.98 Å². The van der Waals surface area contributed by atoms with E-state index >= 15 is 0 Å². The summed E-state index contributed by atoms with van der Waals surface area (Å²) in [6.07, 6.45) is 2.68. The Bertz CT molecular complexity index is 778. The van der Waals surface area contributed by atoms with Crippen molar-refractivity contribution in [2.45, 2.75) is 0 Å². The number of rotatable bonds is 4. The van der Waals surface area contributed by atoms with Crippen LogP contribution in [0.2, 0.25) is 0 Å². The molecular formula is C19H15N3O2. The van der Waals surface area contributed by atoms with E-state index in [2.05, 4.69) is 15.5 Å². The van der Waals surface area contributed by atoms with Gasteiger partial charge in [-0.3, -0.25) is 15.1 Å². The average molecular weight is 317 g/mol. The van der Waals surface area contributed by atoms with Crippen LogP contribution in [0.15, 0.2) is 90.3 Å². The summed E-state index contributed by atoms with van der Waals surface area (Å²) < 4.78 is 0. The lowest BCUT2D eigenvalue weighted by atomic mass is 10.0. The third kappa shape index (κ3) is 4.04. The molecule has 2 aromatic carbocycles. The molecule has 24 heavy (non-hydrogen) atoms. The lowest BCUT2D eigenvalue weighted by Gasteiger charge is -2.07. The fraction of sp³-hybridized carbons (Fsp3) is 0. The SMILES string of the molecule is O=C(Nc1ccccc1)O/N=C(/c1ccccc1)c1ccncc1. The number of hydrogen-bond donors (Lipinski definition) is 1. The molecule has 3 rings (SSSR count). The van der Waals surface area contributed by atoms with Gasteiger partial charge >= 0.3 is 6.09 Å². The number of benzene rings is 2. The van der Waals surface area contributed by atoms with E-state index in [0.29, 0.717) is 11.4 Å². The molecule has 0 aliphatic carbocycles. The molecule has 0 aliphatic heterocycles. The van der Waals surface area contributed by atoms with Gasteiger partial charge in [0.15, 0.2) is 0 Å². The number of carbonyl (C=O) groups excluding carboxylic acids is 1. The van der Waals surface area contributed by atoms with Crippen LogP contribution in [0.3, 0.4) is 0 Å². The van der Waals surface area contributed by atoms with E-state index in [9.17, 15) is 4.79 Å². The van der Waals surface area contributed by atoms with Gasteiger partial charge in [-0.2, -0.15) is 0 Å². The zero-order valence-electron chi connectivity index (χ0n) is 12.8. The highest BCUT2D eigenvalue weighted by Crippen LogP contribution is 2.11. The Kier molecular flexibility index (Phi) is 4.94. The van der Waals surface area contributed by atoms with Gasteiger partial charge in [0.1, 0.15) is 5.71 Å². The Morgan fingerprint density at radius 1 is 0.833 bits per heavy atom. The van der Waals surface area contributed by atoms with Gasteiger partial charge in [-0.1, -0.05) is 53.7 Å². The van der Waals surface area contributed by atoms with E-state index in [1.165, 1.54) is 0 Å². The standard InChI is InChI=1S/C19H15N3O2/c23-19(21-17-9-5-2-6-10-17)24-22-18(15-7-3-1-4-8-15)16-11-13-20-14-12-16/h1-14H,(H,21,23)/b22-18-. The Hall–Kier alpha value is -3.47. The second-order valence-electron chi connectivity index (χ2n) is 4.91. The van der Waals surface area contributed by atoms with Crippen LogP contribution < -0.4 is 5.32 Å². The molecule has 0 bridgehead atoms. The van der Waals surface area contributed by atoms with E-state index in [0.717, 1.165) is 11.1 Å². The van der Waals surface area contributed by atoms with Gasteiger partial charge in [-0.25, -0.2) is 4.79 Å². The molecular weight excluding hydrogens is 302 g/mol. The maximum Gasteiger partial charge on any atom is 0.437 e. The van der Waals surface area contributed by atoms with Crippen molar-refractivity contribution in [3.8, 4) is 0 Å². The largest absolute Gasteiger partial charge is 0.437 e. The molecule has 0 atom stereocenters. The summed E-state index contributed by atoms with van der Waals surface area (Å²) >= 11 is 0. The van der Waals surface area contributed by atoms with Gasteiger partial charge in [-0.05, 0) is 24.3 Å². The summed E-state index contributed by atoms with van der Waals surface area (Å²) in [7, 11) is 0. The van der Waals surface area contributed by atoms with Crippen LogP contribution in [0.4, 0.5) is 10.5 Å². The normalized spacial score (nSPS) is 10.9. The first-order chi connectivity index (χ1) is 11.8. The van der Waals surface area contributed by atoms with Crippen molar-refractivity contribution >= 4 is 17.5 Å². The molecule has 1 aromatic heterocycles. The summed E-state index contributed by atoms with van der Waals surface area (Å²) in [5.74, 6) is 0. The fourth-order valence-electron chi connectivity index (χ4n) is 2.13. The number of aromatic nitrogens is 1. The Balaban J connectivity index is 1.81. The van der Waals surface area contributed by atoms with Crippen LogP contribution in [0.1, 0.15) is 11.1 Å². The molecule has 118 valence electrons. The summed E-state index contributed by atoms with van der Waals surface area (Å²) in [5, 5.41) is 6.66. The summed E-state index contributed by atoms with van der Waals surface area (Å²) in [5.41, 5.74) is 2.85. The van der Waals surface area contributed by atoms with Crippen molar-refractivity contribution in [2.75, 3.05) is 5.32 Å². The minimum absolute atomic E-state index is 0.557. The molecule has 0 aliphatic rings. The maximum atomic E-state index is 11.9. The molecule has 0 spiro atoms. The van der Waals surface area contributed by atoms with Gasteiger partial charge in [0.05, 0.1) is 0 Å². The Morgan fingerprint density at radius 2 is 1.42 bits per heavy atom. The molecule has 1 N–H and O–H groups in total. The predicted molar refractivity (Wildman–Crippen MR) is 92.9 cm³/mol. The van der Waals surface area contributed by atoms with Gasteiger partial charge < -0.3 is 0 Å². The van der Waals surface area contributed by atoms with Crippen molar-refractivity contribution in [1.29, 1.82) is 0 Å². The highest BCUT2D eigenvalue weighted by atomic mass is 16.7. The molecule has 1 amide bonds. The number of hydrogen-bond acceptors (Lipinski definition) is 4. The van der Waals surface area contributed by atoms with E-state index < -0.39 is 6.09 Å². The topological polar surface area (TPSA) is 63.6 Å². The molecule has 0 radical (unpaired) electrons. The quantitative estimate of drug-likeness (QED) is 0.448. The zero-order chi connectivity index (χ0) is 16.6. The summed E-state index contributed by atoms with van der Waals surface area (Å²) in [4.78, 5) is 21.0. The number of nitrogens with one attached hydrogen (secondary N) is 1. The predicted octanol–water partition coefficient (Wildman–Crippen LogP) is 4.08. The monoisotopic (exact) mass is 317 g/mol. The van der Waals surface area contributed by atoms with E-state index in [1.54, 1.807) is 24.5 Å². The van der Waals surface area contributed by atoms with Crippen molar-refractivity contribution in [3.05, 3.63) is 96.3 Å². The number of para-hydroxylation sites is 1. The molecule has 5 nitrogen and oxygen atoms in total. The van der Waals surface area contributed by atoms with Gasteiger partial charge in [0.2, 0.25) is 0 Å². The minimum Gasteiger partial charge on any atom is -0.297 e. The van der Waals surface area contributed by atoms with Crippen molar-refractivity contribution < 1.29 is 9.63 Å². The van der Waals surface area contributed by atoms with Crippen LogP contribution >= 0.6 is 0 Å². The number of oxime groups is 1. The fourth-order valence-corrected chi connectivity index (χ4v) is 2.13. The van der Waals surface area contributed by atoms with Crippen LogP contribution in [-0.2, 0) is 4.84 Å². The van der Waals surface area contributed by atoms with Gasteiger partial charge in [0, 0.05) is 29.2 Å². The molecule has 0 unspecified atom stereocenters. The van der Waals surface area contributed by atoms with Crippen LogP contribution in [0, 0.1) is 0 Å². The third-order valence-electron chi connectivity index (χ3n) is 3.24. The summed E-state index contributed by atoms with van der Waals surface area (Å²) in [6, 6.07) is 22.2. The second-order valence-corrected chi connectivity index (χ2v) is 4.91. The number of carbonyl (C=O) groups is 1. The van der Waals surface area contributed by atoms with Crippen LogP contribution in [0.5, 0.6) is 0 Å². The Labute approximate surface area is 139 Å². The number of anilines is 1. The molecule has 0 saturated carbocycles. The lowest BCUT2D eigenvalue weighted by molar-refractivity contribution is 0.166. The van der Waals surface area contributed by atoms with Crippen molar-refractivity contribution in [3.63, 3.8) is 0 Å². The minimum atomic E-state index is -0.649. The van der Waals surface area contributed by atoms with Crippen LogP contribution in [0.25, 0.3) is 0 Å². The molecule has 0 saturated heterocycles. The van der Waals surface area contributed by atoms with Gasteiger partial charge in [0.25, 0.3) is 0 Å². The number of pyridine rings is 1. The van der Waals surface area contributed by atoms with E-state index in [1.807, 2.05) is 60.7 Å². The van der Waals surface area contributed by atoms with Gasteiger partial charge in [-0.15, -0.1) is 0 Å². The second kappa shape index (κ2) is 7.69. The maximum absolute atomic E-state index is 11.9. The van der Waals surface area contributed by atoms with E-state index in [4.69, 9.17) is 4.84 Å². The molecule has 1 heterocycles. The molecule has 0 fully saturated rings. The van der Waals surface area contributed by atoms with E-state index in [-0.39, 0.29) is 0 Å². The number of amides is 1. The average Bonchev–Trinajstić information content (AvgIpc) is 2.64. The molecule has 3 aromatic rings. The third-order valence-corrected chi connectivity index (χ3v) is 3.24. The molecule has 5 heteroatoms. The van der Waals surface area contributed by atoms with Crippen molar-refractivity contribution in [2.24, 2.45) is 5.16 Å². The first-order valence-electron chi connectivity index (χ1n) is 7.40. The lowest BCUT2D eigenvalue weighted by Crippen LogP contribution is -2.13. The first kappa shape index (κ1) is 15.4. The first-order valence-corrected chi connectivity index (χ1v) is 7.40. The summed E-state index contributed by atoms with van der Waals surface area (Å²) in [6.45, 7) is 0. The highest BCUT2D eigenvalue weighted by Gasteiger charge is 2.09.